The monoisotopic (exact) mass is 366 g/mol. The van der Waals surface area contributed by atoms with Crippen molar-refractivity contribution in [1.82, 2.24) is 20.4 Å². The summed E-state index contributed by atoms with van der Waals surface area (Å²) in [6.07, 6.45) is 3.92. The van der Waals surface area contributed by atoms with Crippen molar-refractivity contribution in [2.24, 2.45) is 0 Å². The van der Waals surface area contributed by atoms with Crippen molar-refractivity contribution in [2.45, 2.75) is 63.1 Å². The number of hydrogen-bond donors (Lipinski definition) is 2. The molecule has 3 fully saturated rings. The van der Waals surface area contributed by atoms with E-state index in [0.29, 0.717) is 38.8 Å². The maximum absolute atomic E-state index is 12.7. The van der Waals surface area contributed by atoms with Crippen LogP contribution in [-0.2, 0) is 14.3 Å². The molecule has 2 heterocycles. The summed E-state index contributed by atoms with van der Waals surface area (Å²) < 4.78 is 4.69. The highest BCUT2D eigenvalue weighted by Gasteiger charge is 2.54. The summed E-state index contributed by atoms with van der Waals surface area (Å²) >= 11 is 0. The molecule has 1 spiro atoms. The number of nitrogens with zero attached hydrogens (tertiary/aromatic N) is 2. The van der Waals surface area contributed by atoms with E-state index in [0.717, 1.165) is 17.7 Å². The lowest BCUT2D eigenvalue weighted by Gasteiger charge is -2.32. The Bertz CT molecular complexity index is 608. The Morgan fingerprint density at radius 2 is 1.85 bits per heavy atom. The van der Waals surface area contributed by atoms with Crippen LogP contribution < -0.4 is 10.6 Å². The number of nitrogens with one attached hydrogen (secondary N) is 2. The van der Waals surface area contributed by atoms with E-state index in [1.807, 2.05) is 0 Å². The van der Waals surface area contributed by atoms with Crippen molar-refractivity contribution in [2.75, 3.05) is 20.2 Å². The van der Waals surface area contributed by atoms with Crippen LogP contribution >= 0.6 is 0 Å². The van der Waals surface area contributed by atoms with Gasteiger partial charge in [-0.25, -0.2) is 14.5 Å². The first-order chi connectivity index (χ1) is 12.4. The average molecular weight is 366 g/mol. The largest absolute Gasteiger partial charge is 0.453 e. The number of methoxy groups -OCH3 is 1. The molecule has 2 saturated heterocycles. The zero-order valence-electron chi connectivity index (χ0n) is 15.2. The smallest absolute Gasteiger partial charge is 0.409 e. The summed E-state index contributed by atoms with van der Waals surface area (Å²) in [5.74, 6) is -0.636. The van der Waals surface area contributed by atoms with E-state index in [9.17, 15) is 19.2 Å². The number of carbonyl (C=O) groups is 4. The van der Waals surface area contributed by atoms with Gasteiger partial charge in [-0.15, -0.1) is 0 Å². The van der Waals surface area contributed by atoms with Gasteiger partial charge < -0.3 is 20.3 Å². The molecule has 2 aliphatic heterocycles. The minimum absolute atomic E-state index is 0.0907. The van der Waals surface area contributed by atoms with Crippen molar-refractivity contribution >= 4 is 23.9 Å². The van der Waals surface area contributed by atoms with Crippen molar-refractivity contribution in [3.8, 4) is 0 Å². The zero-order valence-corrected chi connectivity index (χ0v) is 15.2. The third-order valence-electron chi connectivity index (χ3n) is 5.69. The van der Waals surface area contributed by atoms with Crippen LogP contribution in [0.4, 0.5) is 9.59 Å². The van der Waals surface area contributed by atoms with E-state index in [2.05, 4.69) is 10.6 Å². The van der Waals surface area contributed by atoms with Gasteiger partial charge in [-0.3, -0.25) is 9.59 Å². The third-order valence-corrected chi connectivity index (χ3v) is 5.69. The molecule has 2 N–H and O–H groups in total. The molecule has 1 aliphatic carbocycles. The second kappa shape index (κ2) is 7.13. The summed E-state index contributed by atoms with van der Waals surface area (Å²) in [5.41, 5.74) is -0.808. The molecule has 1 atom stereocenters. The van der Waals surface area contributed by atoms with Crippen LogP contribution in [0.5, 0.6) is 0 Å². The molecule has 0 radical (unpaired) electrons. The number of rotatable bonds is 3. The molecule has 3 rings (SSSR count). The second-order valence-corrected chi connectivity index (χ2v) is 7.31. The first kappa shape index (κ1) is 18.5. The molecular weight excluding hydrogens is 340 g/mol. The van der Waals surface area contributed by atoms with Gasteiger partial charge in [0.25, 0.3) is 5.91 Å². The number of amides is 5. The van der Waals surface area contributed by atoms with Gasteiger partial charge in [0.1, 0.15) is 11.6 Å². The quantitative estimate of drug-likeness (QED) is 0.711. The number of ether oxygens (including phenoxy) is 1. The number of likely N-dealkylation sites (tertiary alicyclic amines) is 1. The summed E-state index contributed by atoms with van der Waals surface area (Å²) in [6.45, 7) is 2.57. The van der Waals surface area contributed by atoms with E-state index < -0.39 is 17.6 Å². The van der Waals surface area contributed by atoms with Gasteiger partial charge >= 0.3 is 12.1 Å². The molecule has 0 aromatic rings. The normalized spacial score (nSPS) is 23.9. The summed E-state index contributed by atoms with van der Waals surface area (Å²) in [4.78, 5) is 51.7. The molecule has 0 aromatic heterocycles. The summed E-state index contributed by atoms with van der Waals surface area (Å²) in [7, 11) is 1.34. The van der Waals surface area contributed by atoms with Crippen LogP contribution in [-0.4, -0.2) is 71.6 Å². The molecular formula is C17H26N4O5. The van der Waals surface area contributed by atoms with Crippen LogP contribution in [0.3, 0.4) is 0 Å². The molecule has 26 heavy (non-hydrogen) atoms. The van der Waals surface area contributed by atoms with Crippen molar-refractivity contribution in [3.63, 3.8) is 0 Å². The van der Waals surface area contributed by atoms with Crippen LogP contribution in [0.2, 0.25) is 0 Å². The van der Waals surface area contributed by atoms with E-state index in [1.54, 1.807) is 11.8 Å². The lowest BCUT2D eigenvalue weighted by molar-refractivity contribution is -0.138. The molecule has 0 bridgehead atoms. The molecule has 1 unspecified atom stereocenters. The number of hydrogen-bond acceptors (Lipinski definition) is 5. The van der Waals surface area contributed by atoms with Gasteiger partial charge in [-0.1, -0.05) is 12.8 Å². The van der Waals surface area contributed by atoms with Crippen LogP contribution in [0.1, 0.15) is 45.4 Å². The highest BCUT2D eigenvalue weighted by Crippen LogP contribution is 2.35. The second-order valence-electron chi connectivity index (χ2n) is 7.31. The Balaban J connectivity index is 1.56. The van der Waals surface area contributed by atoms with Crippen molar-refractivity contribution < 1.29 is 23.9 Å². The first-order valence-corrected chi connectivity index (χ1v) is 9.17. The zero-order chi connectivity index (χ0) is 18.9. The molecule has 0 aromatic carbocycles. The van der Waals surface area contributed by atoms with Crippen molar-refractivity contribution in [3.05, 3.63) is 0 Å². The van der Waals surface area contributed by atoms with Gasteiger partial charge in [0.15, 0.2) is 0 Å². The lowest BCUT2D eigenvalue weighted by Crippen LogP contribution is -2.53. The highest BCUT2D eigenvalue weighted by molar-refractivity contribution is 6.10. The Morgan fingerprint density at radius 1 is 1.23 bits per heavy atom. The topological polar surface area (TPSA) is 108 Å². The Labute approximate surface area is 152 Å². The fourth-order valence-corrected chi connectivity index (χ4v) is 4.08. The number of piperidine rings is 1. The Morgan fingerprint density at radius 3 is 2.42 bits per heavy atom. The van der Waals surface area contributed by atoms with Gasteiger partial charge in [-0.05, 0) is 32.6 Å². The van der Waals surface area contributed by atoms with Crippen LogP contribution in [0.15, 0.2) is 0 Å². The molecule has 9 heteroatoms. The molecule has 3 aliphatic rings. The van der Waals surface area contributed by atoms with E-state index in [4.69, 9.17) is 4.74 Å². The summed E-state index contributed by atoms with van der Waals surface area (Å²) in [5, 5.41) is 5.69. The predicted octanol–water partition coefficient (Wildman–Crippen LogP) is 0.587. The van der Waals surface area contributed by atoms with Gasteiger partial charge in [0.05, 0.1) is 7.11 Å². The Kier molecular flexibility index (Phi) is 5.06. The molecule has 9 nitrogen and oxygen atoms in total. The number of urea groups is 1. The van der Waals surface area contributed by atoms with Crippen molar-refractivity contribution in [1.29, 1.82) is 0 Å². The SMILES string of the molecule is COC(=O)N1CCC(NC(=O)C(C)N2C(=O)NC3(CCCC3)C2=O)CC1. The molecule has 1 saturated carbocycles. The van der Waals surface area contributed by atoms with Gasteiger partial charge in [0.2, 0.25) is 5.91 Å². The predicted molar refractivity (Wildman–Crippen MR) is 91.2 cm³/mol. The lowest BCUT2D eigenvalue weighted by atomic mass is 9.97. The fourth-order valence-electron chi connectivity index (χ4n) is 4.08. The molecule has 144 valence electrons. The van der Waals surface area contributed by atoms with Gasteiger partial charge in [-0.2, -0.15) is 0 Å². The number of imide groups is 1. The maximum atomic E-state index is 12.7. The fraction of sp³-hybridized carbons (Fsp3) is 0.765. The molecule has 5 amide bonds. The third kappa shape index (κ3) is 3.22. The average Bonchev–Trinajstić information content (AvgIpc) is 3.19. The van der Waals surface area contributed by atoms with Crippen LogP contribution in [0.25, 0.3) is 0 Å². The number of carbonyl (C=O) groups excluding carboxylic acids is 4. The van der Waals surface area contributed by atoms with Crippen LogP contribution in [0, 0.1) is 0 Å². The highest BCUT2D eigenvalue weighted by atomic mass is 16.5. The van der Waals surface area contributed by atoms with E-state index >= 15 is 0 Å². The minimum atomic E-state index is -0.860. The van der Waals surface area contributed by atoms with E-state index in [1.165, 1.54) is 7.11 Å². The summed E-state index contributed by atoms with van der Waals surface area (Å²) in [6, 6.07) is -1.44. The van der Waals surface area contributed by atoms with E-state index in [-0.39, 0.29) is 23.9 Å². The first-order valence-electron chi connectivity index (χ1n) is 9.17. The minimum Gasteiger partial charge on any atom is -0.453 e. The Hall–Kier alpha value is -2.32. The maximum Gasteiger partial charge on any atom is 0.409 e. The standard InChI is InChI=1S/C17H26N4O5/c1-11(21-14(23)17(19-15(21)24)7-3-4-8-17)13(22)18-12-5-9-20(10-6-12)16(25)26-2/h11-12H,3-10H2,1-2H3,(H,18,22)(H,19,24). The van der Waals surface area contributed by atoms with Gasteiger partial charge in [0, 0.05) is 19.1 Å².